The predicted molar refractivity (Wildman–Crippen MR) is 85.6 cm³/mol. The van der Waals surface area contributed by atoms with Crippen LogP contribution in [0.1, 0.15) is 11.1 Å². The van der Waals surface area contributed by atoms with Crippen molar-refractivity contribution in [3.05, 3.63) is 77.9 Å². The maximum atomic E-state index is 6.15. The predicted octanol–water partition coefficient (Wildman–Crippen LogP) is 4.63. The van der Waals surface area contributed by atoms with Crippen LogP contribution >= 0.6 is 0 Å². The zero-order valence-corrected chi connectivity index (χ0v) is 11.5. The summed E-state index contributed by atoms with van der Waals surface area (Å²) in [6.45, 7) is 0. The number of ether oxygens (including phenoxy) is 1. The van der Waals surface area contributed by atoms with Crippen LogP contribution in [-0.4, -0.2) is 0 Å². The molecule has 1 aliphatic rings. The first-order chi connectivity index (χ1) is 10.3. The molecule has 0 fully saturated rings. The molecule has 0 atom stereocenters. The first-order valence-corrected chi connectivity index (χ1v) is 7.05. The van der Waals surface area contributed by atoms with Crippen molar-refractivity contribution in [1.29, 1.82) is 0 Å². The van der Waals surface area contributed by atoms with Crippen molar-refractivity contribution < 1.29 is 4.74 Å². The molecule has 0 radical (unpaired) electrons. The molecule has 2 heteroatoms. The molecule has 1 aliphatic carbocycles. The highest BCUT2D eigenvalue weighted by molar-refractivity contribution is 5.82. The van der Waals surface area contributed by atoms with Crippen molar-refractivity contribution in [2.45, 2.75) is 6.42 Å². The Kier molecular flexibility index (Phi) is 2.68. The number of anilines is 1. The van der Waals surface area contributed by atoms with Gasteiger partial charge in [-0.25, -0.2) is 0 Å². The lowest BCUT2D eigenvalue weighted by Gasteiger charge is -2.13. The minimum Gasteiger partial charge on any atom is -0.455 e. The average Bonchev–Trinajstić information content (AvgIpc) is 2.90. The molecule has 0 aliphatic heterocycles. The molecular formula is C19H15NO. The van der Waals surface area contributed by atoms with Gasteiger partial charge in [-0.1, -0.05) is 48.5 Å². The Morgan fingerprint density at radius 3 is 2.38 bits per heavy atom. The van der Waals surface area contributed by atoms with E-state index in [9.17, 15) is 0 Å². The second kappa shape index (κ2) is 4.67. The maximum Gasteiger partial charge on any atom is 0.154 e. The van der Waals surface area contributed by atoms with Gasteiger partial charge in [-0.05, 0) is 34.9 Å². The van der Waals surface area contributed by atoms with Gasteiger partial charge in [-0.15, -0.1) is 0 Å². The fourth-order valence-corrected chi connectivity index (χ4v) is 2.93. The number of rotatable bonds is 2. The largest absolute Gasteiger partial charge is 0.455 e. The lowest BCUT2D eigenvalue weighted by molar-refractivity contribution is 0.480. The van der Waals surface area contributed by atoms with E-state index in [0.29, 0.717) is 5.69 Å². The first kappa shape index (κ1) is 12.0. The van der Waals surface area contributed by atoms with Crippen LogP contribution in [0.3, 0.4) is 0 Å². The summed E-state index contributed by atoms with van der Waals surface area (Å²) in [5.41, 5.74) is 11.9. The summed E-state index contributed by atoms with van der Waals surface area (Å²) in [6, 6.07) is 22.3. The summed E-state index contributed by atoms with van der Waals surface area (Å²) in [4.78, 5) is 0. The summed E-state index contributed by atoms with van der Waals surface area (Å²) in [6.07, 6.45) is 0.874. The Morgan fingerprint density at radius 2 is 1.52 bits per heavy atom. The molecular weight excluding hydrogens is 258 g/mol. The van der Waals surface area contributed by atoms with E-state index in [1.54, 1.807) is 0 Å². The van der Waals surface area contributed by atoms with Crippen molar-refractivity contribution in [1.82, 2.24) is 0 Å². The molecule has 0 unspecified atom stereocenters. The topological polar surface area (TPSA) is 35.2 Å². The Labute approximate surface area is 123 Å². The Hall–Kier alpha value is -2.74. The third-order valence-corrected chi connectivity index (χ3v) is 3.93. The molecule has 3 aromatic rings. The molecule has 0 amide bonds. The van der Waals surface area contributed by atoms with Crippen LogP contribution in [0, 0.1) is 0 Å². The standard InChI is InChI=1S/C19H15NO/c20-18-11-10-16-15-9-5-4-6-13(15)12-17(16)19(18)21-14-7-2-1-3-8-14/h1-11H,12,20H2. The molecule has 2 N–H and O–H groups in total. The Balaban J connectivity index is 1.83. The van der Waals surface area contributed by atoms with Gasteiger partial charge >= 0.3 is 0 Å². The SMILES string of the molecule is Nc1ccc2c(c1Oc1ccccc1)Cc1ccccc1-2. The van der Waals surface area contributed by atoms with Gasteiger partial charge in [0.25, 0.3) is 0 Å². The van der Waals surface area contributed by atoms with Gasteiger partial charge in [0.05, 0.1) is 5.69 Å². The summed E-state index contributed by atoms with van der Waals surface area (Å²) in [7, 11) is 0. The lowest BCUT2D eigenvalue weighted by atomic mass is 10.0. The molecule has 3 aromatic carbocycles. The summed E-state index contributed by atoms with van der Waals surface area (Å²) < 4.78 is 6.06. The average molecular weight is 273 g/mol. The van der Waals surface area contributed by atoms with Crippen LogP contribution in [0.5, 0.6) is 11.5 Å². The van der Waals surface area contributed by atoms with Crippen LogP contribution in [0.25, 0.3) is 11.1 Å². The van der Waals surface area contributed by atoms with Gasteiger partial charge in [-0.2, -0.15) is 0 Å². The lowest BCUT2D eigenvalue weighted by Crippen LogP contribution is -1.96. The number of hydrogen-bond donors (Lipinski definition) is 1. The van der Waals surface area contributed by atoms with E-state index in [2.05, 4.69) is 30.3 Å². The number of benzene rings is 3. The molecule has 0 saturated heterocycles. The Bertz CT molecular complexity index is 809. The molecule has 0 saturated carbocycles. The van der Waals surface area contributed by atoms with Crippen molar-refractivity contribution in [2.24, 2.45) is 0 Å². The van der Waals surface area contributed by atoms with Crippen molar-refractivity contribution >= 4 is 5.69 Å². The van der Waals surface area contributed by atoms with Crippen LogP contribution in [-0.2, 0) is 6.42 Å². The highest BCUT2D eigenvalue weighted by atomic mass is 16.5. The van der Waals surface area contributed by atoms with Gasteiger partial charge in [0.15, 0.2) is 5.75 Å². The number of para-hydroxylation sites is 1. The molecule has 0 spiro atoms. The van der Waals surface area contributed by atoms with Crippen LogP contribution < -0.4 is 10.5 Å². The monoisotopic (exact) mass is 273 g/mol. The number of hydrogen-bond acceptors (Lipinski definition) is 2. The summed E-state index contributed by atoms with van der Waals surface area (Å²) in [5, 5.41) is 0. The second-order valence-corrected chi connectivity index (χ2v) is 5.26. The third kappa shape index (κ3) is 1.96. The van der Waals surface area contributed by atoms with E-state index < -0.39 is 0 Å². The molecule has 2 nitrogen and oxygen atoms in total. The minimum absolute atomic E-state index is 0.686. The first-order valence-electron chi connectivity index (χ1n) is 7.05. The van der Waals surface area contributed by atoms with Crippen LogP contribution in [0.4, 0.5) is 5.69 Å². The van der Waals surface area contributed by atoms with Gasteiger partial charge in [0.1, 0.15) is 5.75 Å². The smallest absolute Gasteiger partial charge is 0.154 e. The quantitative estimate of drug-likeness (QED) is 0.540. The number of nitrogens with two attached hydrogens (primary N) is 1. The molecule has 0 aromatic heterocycles. The molecule has 102 valence electrons. The zero-order valence-electron chi connectivity index (χ0n) is 11.5. The second-order valence-electron chi connectivity index (χ2n) is 5.26. The third-order valence-electron chi connectivity index (χ3n) is 3.93. The van der Waals surface area contributed by atoms with E-state index >= 15 is 0 Å². The van der Waals surface area contributed by atoms with Gasteiger partial charge in [-0.3, -0.25) is 0 Å². The fourth-order valence-electron chi connectivity index (χ4n) is 2.93. The van der Waals surface area contributed by atoms with E-state index in [1.807, 2.05) is 36.4 Å². The zero-order chi connectivity index (χ0) is 14.2. The van der Waals surface area contributed by atoms with E-state index in [0.717, 1.165) is 17.9 Å². The van der Waals surface area contributed by atoms with Crippen molar-refractivity contribution in [3.8, 4) is 22.6 Å². The van der Waals surface area contributed by atoms with Gasteiger partial charge in [0, 0.05) is 12.0 Å². The summed E-state index contributed by atoms with van der Waals surface area (Å²) in [5.74, 6) is 1.60. The number of nitrogen functional groups attached to an aromatic ring is 1. The van der Waals surface area contributed by atoms with Gasteiger partial charge in [0.2, 0.25) is 0 Å². The van der Waals surface area contributed by atoms with Crippen molar-refractivity contribution in [2.75, 3.05) is 5.73 Å². The van der Waals surface area contributed by atoms with Crippen LogP contribution in [0.2, 0.25) is 0 Å². The van der Waals surface area contributed by atoms with E-state index in [4.69, 9.17) is 10.5 Å². The normalized spacial score (nSPS) is 11.8. The minimum atomic E-state index is 0.686. The van der Waals surface area contributed by atoms with E-state index in [-0.39, 0.29) is 0 Å². The fraction of sp³-hybridized carbons (Fsp3) is 0.0526. The summed E-state index contributed by atoms with van der Waals surface area (Å²) >= 11 is 0. The molecule has 0 heterocycles. The molecule has 0 bridgehead atoms. The molecule has 4 rings (SSSR count). The van der Waals surface area contributed by atoms with E-state index in [1.165, 1.54) is 22.3 Å². The van der Waals surface area contributed by atoms with Crippen LogP contribution in [0.15, 0.2) is 66.7 Å². The molecule has 21 heavy (non-hydrogen) atoms. The Morgan fingerprint density at radius 1 is 0.762 bits per heavy atom. The highest BCUT2D eigenvalue weighted by Gasteiger charge is 2.23. The van der Waals surface area contributed by atoms with Gasteiger partial charge < -0.3 is 10.5 Å². The maximum absolute atomic E-state index is 6.15. The highest BCUT2D eigenvalue weighted by Crippen LogP contribution is 2.44. The number of fused-ring (bicyclic) bond motifs is 3. The van der Waals surface area contributed by atoms with Crippen molar-refractivity contribution in [3.63, 3.8) is 0 Å².